The van der Waals surface area contributed by atoms with Crippen LogP contribution >= 0.6 is 11.6 Å². The van der Waals surface area contributed by atoms with Crippen LogP contribution in [0.4, 0.5) is 0 Å². The standard InChI is InChI=1S/C20H23ClN2O6/c1-4-28-18-9-14(7-15(21)20(18)29-12-19(24)25)11-23-22-10-13-5-6-16(26-2)17(8-13)27-3/h5-9,11,22H,4,10,12H2,1-3H3,(H,24,25)/b23-11-. The van der Waals surface area contributed by atoms with Crippen LogP contribution in [-0.2, 0) is 11.3 Å². The van der Waals surface area contributed by atoms with Gasteiger partial charge in [0, 0.05) is 0 Å². The van der Waals surface area contributed by atoms with Gasteiger partial charge in [-0.15, -0.1) is 0 Å². The van der Waals surface area contributed by atoms with Gasteiger partial charge in [0.2, 0.25) is 0 Å². The van der Waals surface area contributed by atoms with Crippen molar-refractivity contribution in [3.8, 4) is 23.0 Å². The van der Waals surface area contributed by atoms with Crippen molar-refractivity contribution in [2.45, 2.75) is 13.5 Å². The number of rotatable bonds is 11. The molecule has 0 spiro atoms. The maximum atomic E-state index is 10.7. The molecule has 0 saturated carbocycles. The van der Waals surface area contributed by atoms with E-state index in [-0.39, 0.29) is 10.8 Å². The van der Waals surface area contributed by atoms with Crippen molar-refractivity contribution in [3.63, 3.8) is 0 Å². The van der Waals surface area contributed by atoms with Crippen molar-refractivity contribution >= 4 is 23.8 Å². The predicted octanol–water partition coefficient (Wildman–Crippen LogP) is 3.34. The number of hydrogen-bond acceptors (Lipinski definition) is 7. The van der Waals surface area contributed by atoms with E-state index in [9.17, 15) is 4.79 Å². The summed E-state index contributed by atoms with van der Waals surface area (Å²) in [5, 5.41) is 13.2. The Hall–Kier alpha value is -3.13. The highest BCUT2D eigenvalue weighted by atomic mass is 35.5. The first kappa shape index (κ1) is 22.2. The molecule has 0 heterocycles. The summed E-state index contributed by atoms with van der Waals surface area (Å²) >= 11 is 6.22. The fourth-order valence-electron chi connectivity index (χ4n) is 2.45. The summed E-state index contributed by atoms with van der Waals surface area (Å²) in [6.07, 6.45) is 1.58. The van der Waals surface area contributed by atoms with E-state index in [1.165, 1.54) is 0 Å². The second-order valence-electron chi connectivity index (χ2n) is 5.73. The van der Waals surface area contributed by atoms with E-state index >= 15 is 0 Å². The molecule has 2 aromatic rings. The quantitative estimate of drug-likeness (QED) is 0.423. The number of carbonyl (C=O) groups is 1. The third kappa shape index (κ3) is 6.46. The first-order chi connectivity index (χ1) is 14.0. The topological polar surface area (TPSA) is 98.6 Å². The number of hydrazone groups is 1. The van der Waals surface area contributed by atoms with Gasteiger partial charge in [0.15, 0.2) is 29.6 Å². The molecule has 0 aliphatic carbocycles. The lowest BCUT2D eigenvalue weighted by atomic mass is 10.2. The molecular weight excluding hydrogens is 400 g/mol. The van der Waals surface area contributed by atoms with Crippen LogP contribution < -0.4 is 24.4 Å². The summed E-state index contributed by atoms with van der Waals surface area (Å²) in [6.45, 7) is 2.14. The fourth-order valence-corrected chi connectivity index (χ4v) is 2.72. The Labute approximate surface area is 174 Å². The van der Waals surface area contributed by atoms with Crippen molar-refractivity contribution in [3.05, 3.63) is 46.5 Å². The average molecular weight is 423 g/mol. The van der Waals surface area contributed by atoms with E-state index in [1.807, 2.05) is 18.2 Å². The highest BCUT2D eigenvalue weighted by Gasteiger charge is 2.13. The second-order valence-corrected chi connectivity index (χ2v) is 6.14. The van der Waals surface area contributed by atoms with Gasteiger partial charge in [0.05, 0.1) is 38.6 Å². The summed E-state index contributed by atoms with van der Waals surface area (Å²) in [6, 6.07) is 8.88. The van der Waals surface area contributed by atoms with Crippen LogP contribution in [0.5, 0.6) is 23.0 Å². The Morgan fingerprint density at radius 1 is 1.14 bits per heavy atom. The molecule has 0 aliphatic heterocycles. The van der Waals surface area contributed by atoms with Crippen LogP contribution in [0, 0.1) is 0 Å². The number of methoxy groups -OCH3 is 2. The normalized spacial score (nSPS) is 10.6. The smallest absolute Gasteiger partial charge is 0.341 e. The maximum Gasteiger partial charge on any atom is 0.341 e. The second kappa shape index (κ2) is 11.0. The van der Waals surface area contributed by atoms with E-state index in [2.05, 4.69) is 10.5 Å². The minimum atomic E-state index is -1.10. The van der Waals surface area contributed by atoms with Crippen LogP contribution in [-0.4, -0.2) is 44.7 Å². The van der Waals surface area contributed by atoms with Crippen molar-refractivity contribution in [2.24, 2.45) is 5.10 Å². The summed E-state index contributed by atoms with van der Waals surface area (Å²) < 4.78 is 21.2. The average Bonchev–Trinajstić information content (AvgIpc) is 2.70. The lowest BCUT2D eigenvalue weighted by Crippen LogP contribution is -2.11. The molecule has 29 heavy (non-hydrogen) atoms. The zero-order valence-electron chi connectivity index (χ0n) is 16.4. The van der Waals surface area contributed by atoms with Crippen molar-refractivity contribution in [1.29, 1.82) is 0 Å². The predicted molar refractivity (Wildman–Crippen MR) is 110 cm³/mol. The molecule has 9 heteroatoms. The first-order valence-corrected chi connectivity index (χ1v) is 9.14. The van der Waals surface area contributed by atoms with Gasteiger partial charge in [-0.1, -0.05) is 17.7 Å². The van der Waals surface area contributed by atoms with Gasteiger partial charge in [-0.05, 0) is 42.3 Å². The van der Waals surface area contributed by atoms with E-state index < -0.39 is 12.6 Å². The summed E-state index contributed by atoms with van der Waals surface area (Å²) in [4.78, 5) is 10.7. The number of benzene rings is 2. The van der Waals surface area contributed by atoms with Gasteiger partial charge in [0.25, 0.3) is 0 Å². The monoisotopic (exact) mass is 422 g/mol. The Balaban J connectivity index is 2.07. The third-order valence-corrected chi connectivity index (χ3v) is 3.99. The Kier molecular flexibility index (Phi) is 8.42. The third-order valence-electron chi connectivity index (χ3n) is 3.71. The van der Waals surface area contributed by atoms with Crippen molar-refractivity contribution in [1.82, 2.24) is 5.43 Å². The van der Waals surface area contributed by atoms with Gasteiger partial charge in [-0.25, -0.2) is 4.79 Å². The van der Waals surface area contributed by atoms with E-state index in [1.54, 1.807) is 39.5 Å². The van der Waals surface area contributed by atoms with Gasteiger partial charge in [0.1, 0.15) is 0 Å². The molecule has 0 amide bonds. The molecule has 0 atom stereocenters. The number of aliphatic carboxylic acids is 1. The minimum absolute atomic E-state index is 0.186. The number of nitrogens with zero attached hydrogens (tertiary/aromatic N) is 1. The lowest BCUT2D eigenvalue weighted by Gasteiger charge is -2.13. The molecule has 2 N–H and O–H groups in total. The molecule has 2 aromatic carbocycles. The zero-order valence-corrected chi connectivity index (χ0v) is 17.2. The van der Waals surface area contributed by atoms with Gasteiger partial charge in [-0.2, -0.15) is 5.10 Å². The summed E-state index contributed by atoms with van der Waals surface area (Å²) in [7, 11) is 3.16. The molecule has 2 rings (SSSR count). The van der Waals surface area contributed by atoms with Gasteiger partial charge < -0.3 is 29.5 Å². The van der Waals surface area contributed by atoms with Crippen molar-refractivity contribution in [2.75, 3.05) is 27.4 Å². The van der Waals surface area contributed by atoms with Crippen LogP contribution in [0.15, 0.2) is 35.4 Å². The van der Waals surface area contributed by atoms with E-state index in [0.29, 0.717) is 36.0 Å². The number of nitrogens with one attached hydrogen (secondary N) is 1. The number of halogens is 1. The Morgan fingerprint density at radius 3 is 2.55 bits per heavy atom. The molecule has 0 fully saturated rings. The number of hydrogen-bond donors (Lipinski definition) is 2. The van der Waals surface area contributed by atoms with Crippen LogP contribution in [0.2, 0.25) is 5.02 Å². The Bertz CT molecular complexity index is 872. The van der Waals surface area contributed by atoms with Crippen LogP contribution in [0.3, 0.4) is 0 Å². The van der Waals surface area contributed by atoms with Gasteiger partial charge in [-0.3, -0.25) is 0 Å². The highest BCUT2D eigenvalue weighted by Crippen LogP contribution is 2.36. The zero-order chi connectivity index (χ0) is 21.2. The van der Waals surface area contributed by atoms with E-state index in [4.69, 9.17) is 35.7 Å². The van der Waals surface area contributed by atoms with Crippen LogP contribution in [0.1, 0.15) is 18.1 Å². The lowest BCUT2D eigenvalue weighted by molar-refractivity contribution is -0.139. The number of ether oxygens (including phenoxy) is 4. The first-order valence-electron chi connectivity index (χ1n) is 8.76. The number of carboxylic acid groups (broad SMARTS) is 1. The van der Waals surface area contributed by atoms with Crippen LogP contribution in [0.25, 0.3) is 0 Å². The maximum absolute atomic E-state index is 10.7. The summed E-state index contributed by atoms with van der Waals surface area (Å²) in [5.41, 5.74) is 4.58. The molecule has 0 radical (unpaired) electrons. The molecular formula is C20H23ClN2O6. The molecule has 0 saturated heterocycles. The molecule has 156 valence electrons. The molecule has 0 aliphatic rings. The summed E-state index contributed by atoms with van der Waals surface area (Å²) in [5.74, 6) is 0.728. The number of carboxylic acids is 1. The Morgan fingerprint density at radius 2 is 1.90 bits per heavy atom. The van der Waals surface area contributed by atoms with Crippen molar-refractivity contribution < 1.29 is 28.8 Å². The molecule has 0 aromatic heterocycles. The molecule has 0 bridgehead atoms. The molecule has 0 unspecified atom stereocenters. The minimum Gasteiger partial charge on any atom is -0.493 e. The SMILES string of the molecule is CCOc1cc(/C=N\NCc2ccc(OC)c(OC)c2)cc(Cl)c1OCC(=O)O. The molecule has 8 nitrogen and oxygen atoms in total. The highest BCUT2D eigenvalue weighted by molar-refractivity contribution is 6.32. The van der Waals surface area contributed by atoms with Gasteiger partial charge >= 0.3 is 5.97 Å². The van der Waals surface area contributed by atoms with E-state index in [0.717, 1.165) is 5.56 Å². The largest absolute Gasteiger partial charge is 0.493 e. The fraction of sp³-hybridized carbons (Fsp3) is 0.300.